The fourth-order valence-electron chi connectivity index (χ4n) is 4.46. The van der Waals surface area contributed by atoms with Crippen LogP contribution in [0.2, 0.25) is 0 Å². The van der Waals surface area contributed by atoms with Crippen LogP contribution in [0.4, 0.5) is 27.8 Å². The summed E-state index contributed by atoms with van der Waals surface area (Å²) in [5.41, 5.74) is 9.46. The van der Waals surface area contributed by atoms with Gasteiger partial charge < -0.3 is 15.2 Å². The van der Waals surface area contributed by atoms with Gasteiger partial charge in [0.1, 0.15) is 29.8 Å². The lowest BCUT2D eigenvalue weighted by Gasteiger charge is -2.20. The fourth-order valence-corrected chi connectivity index (χ4v) is 4.46. The first-order valence-electron chi connectivity index (χ1n) is 11.3. The molecule has 36 heavy (non-hydrogen) atoms. The van der Waals surface area contributed by atoms with Gasteiger partial charge in [0.15, 0.2) is 5.75 Å². The number of fused-ring (bicyclic) bond motifs is 1. The number of benzene rings is 2. The van der Waals surface area contributed by atoms with Crippen LogP contribution in [0.3, 0.4) is 0 Å². The molecule has 10 heteroatoms. The smallest absolute Gasteiger partial charge is 0.207 e. The van der Waals surface area contributed by atoms with Gasteiger partial charge in [-0.2, -0.15) is 14.0 Å². The fraction of sp³-hybridized carbons (Fsp3) is 0.308. The molecule has 0 fully saturated rings. The summed E-state index contributed by atoms with van der Waals surface area (Å²) in [4.78, 5) is 4.47. The maximum absolute atomic E-state index is 14.1. The maximum atomic E-state index is 14.1. The van der Waals surface area contributed by atoms with Gasteiger partial charge in [-0.05, 0) is 48.9 Å². The second-order valence-corrected chi connectivity index (χ2v) is 8.41. The third kappa shape index (κ3) is 4.53. The highest BCUT2D eigenvalue weighted by atomic mass is 19.2. The van der Waals surface area contributed by atoms with Crippen LogP contribution in [0.5, 0.6) is 11.5 Å². The molecule has 0 bridgehead atoms. The first-order chi connectivity index (χ1) is 17.3. The van der Waals surface area contributed by atoms with Gasteiger partial charge in [-0.25, -0.2) is 18.2 Å². The molecule has 2 N–H and O–H groups in total. The summed E-state index contributed by atoms with van der Waals surface area (Å²) in [7, 11) is 1.36. The molecule has 3 aromatic rings. The molecule has 0 unspecified atom stereocenters. The maximum Gasteiger partial charge on any atom is 0.207 e. The van der Waals surface area contributed by atoms with Crippen molar-refractivity contribution in [3.63, 3.8) is 0 Å². The Labute approximate surface area is 204 Å². The minimum atomic E-state index is -2.27. The van der Waals surface area contributed by atoms with Crippen molar-refractivity contribution in [2.45, 2.75) is 45.1 Å². The predicted octanol–water partition coefficient (Wildman–Crippen LogP) is 6.14. The van der Waals surface area contributed by atoms with Crippen molar-refractivity contribution in [3.05, 3.63) is 69.7 Å². The molecule has 0 amide bonds. The average Bonchev–Trinajstić information content (AvgIpc) is 2.86. The van der Waals surface area contributed by atoms with Gasteiger partial charge in [0, 0.05) is 16.8 Å². The zero-order valence-electron chi connectivity index (χ0n) is 19.4. The summed E-state index contributed by atoms with van der Waals surface area (Å²) in [6, 6.07) is 6.97. The van der Waals surface area contributed by atoms with Gasteiger partial charge >= 0.3 is 0 Å². The molecule has 0 saturated heterocycles. The van der Waals surface area contributed by atoms with Crippen LogP contribution in [-0.4, -0.2) is 12.1 Å². The average molecular weight is 503 g/mol. The highest BCUT2D eigenvalue weighted by molar-refractivity contribution is 5.80. The molecule has 0 aliphatic heterocycles. The Kier molecular flexibility index (Phi) is 7.29. The van der Waals surface area contributed by atoms with E-state index in [4.69, 9.17) is 15.2 Å². The first-order valence-corrected chi connectivity index (χ1v) is 11.3. The van der Waals surface area contributed by atoms with E-state index in [1.807, 2.05) is 0 Å². The summed E-state index contributed by atoms with van der Waals surface area (Å²) >= 11 is 0. The number of nitrogens with zero attached hydrogens (tertiary/aromatic N) is 2. The summed E-state index contributed by atoms with van der Waals surface area (Å²) < 4.78 is 79.1. The van der Waals surface area contributed by atoms with Crippen molar-refractivity contribution in [3.8, 4) is 28.7 Å². The summed E-state index contributed by atoms with van der Waals surface area (Å²) in [6.07, 6.45) is 5.35. The number of anilines is 1. The molecule has 0 radical (unpaired) electrons. The predicted molar refractivity (Wildman–Crippen MR) is 122 cm³/mol. The van der Waals surface area contributed by atoms with Gasteiger partial charge in [0.2, 0.25) is 29.1 Å². The lowest BCUT2D eigenvalue weighted by Crippen LogP contribution is -2.10. The van der Waals surface area contributed by atoms with Crippen LogP contribution in [-0.2, 0) is 19.4 Å². The van der Waals surface area contributed by atoms with Crippen molar-refractivity contribution in [2.75, 3.05) is 12.8 Å². The monoisotopic (exact) mass is 503 g/mol. The van der Waals surface area contributed by atoms with Crippen LogP contribution in [0.1, 0.15) is 48.1 Å². The van der Waals surface area contributed by atoms with E-state index < -0.39 is 41.4 Å². The van der Waals surface area contributed by atoms with Gasteiger partial charge in [0.25, 0.3) is 0 Å². The lowest BCUT2D eigenvalue weighted by molar-refractivity contribution is 0.249. The highest BCUT2D eigenvalue weighted by Gasteiger charge is 2.27. The number of aromatic nitrogens is 1. The van der Waals surface area contributed by atoms with E-state index in [1.165, 1.54) is 7.11 Å². The van der Waals surface area contributed by atoms with Gasteiger partial charge in [-0.1, -0.05) is 18.9 Å². The number of hydrogen-bond donors (Lipinski definition) is 1. The standard InChI is InChI=1S/C26H22F5N3O2/c1-35-18-9-8-13(10-14(18)12-36-25-23(30)21(28)20(27)22(29)24(25)31)19-15-6-4-2-3-5-7-17(15)34-26(33)16(19)11-32/h8-10H,2-7,12H2,1H3,(H2,33,34). The second-order valence-electron chi connectivity index (χ2n) is 8.41. The van der Waals surface area contributed by atoms with Crippen LogP contribution < -0.4 is 15.2 Å². The molecular formula is C26H22F5N3O2. The minimum absolute atomic E-state index is 0.0989. The SMILES string of the molecule is COc1ccc(-c2c(C#N)c(N)nc3c2CCCCCC3)cc1COc1c(F)c(F)c(F)c(F)c1F. The zero-order chi connectivity index (χ0) is 26.0. The van der Waals surface area contributed by atoms with Gasteiger partial charge in [-0.3, -0.25) is 0 Å². The molecule has 1 aromatic heterocycles. The topological polar surface area (TPSA) is 81.2 Å². The first kappa shape index (κ1) is 25.2. The second kappa shape index (κ2) is 10.4. The molecule has 188 valence electrons. The highest BCUT2D eigenvalue weighted by Crippen LogP contribution is 2.37. The Morgan fingerprint density at radius 1 is 0.944 bits per heavy atom. The Balaban J connectivity index is 1.80. The van der Waals surface area contributed by atoms with Gasteiger partial charge in [-0.15, -0.1) is 0 Å². The minimum Gasteiger partial charge on any atom is -0.496 e. The summed E-state index contributed by atoms with van der Waals surface area (Å²) in [5.74, 6) is -11.7. The molecule has 1 aliphatic carbocycles. The summed E-state index contributed by atoms with van der Waals surface area (Å²) in [6.45, 7) is -0.569. The number of nitriles is 1. The Hall–Kier alpha value is -3.87. The Morgan fingerprint density at radius 3 is 2.22 bits per heavy atom. The number of halogens is 5. The van der Waals surface area contributed by atoms with Gasteiger partial charge in [0.05, 0.1) is 7.11 Å². The third-order valence-electron chi connectivity index (χ3n) is 6.22. The van der Waals surface area contributed by atoms with Crippen LogP contribution >= 0.6 is 0 Å². The number of ether oxygens (including phenoxy) is 2. The molecule has 0 saturated carbocycles. The molecule has 0 atom stereocenters. The van der Waals surface area contributed by atoms with Crippen molar-refractivity contribution in [2.24, 2.45) is 0 Å². The van der Waals surface area contributed by atoms with E-state index in [0.29, 0.717) is 24.0 Å². The number of nitrogen functional groups attached to an aromatic ring is 1. The largest absolute Gasteiger partial charge is 0.496 e. The number of methoxy groups -OCH3 is 1. The molecule has 5 nitrogen and oxygen atoms in total. The zero-order valence-corrected chi connectivity index (χ0v) is 19.4. The summed E-state index contributed by atoms with van der Waals surface area (Å²) in [5, 5.41) is 9.84. The number of pyridine rings is 1. The lowest BCUT2D eigenvalue weighted by atomic mass is 9.87. The normalized spacial score (nSPS) is 13.4. The van der Waals surface area contributed by atoms with Crippen LogP contribution in [0.15, 0.2) is 18.2 Å². The van der Waals surface area contributed by atoms with Crippen molar-refractivity contribution in [1.29, 1.82) is 5.26 Å². The number of nitrogens with two attached hydrogens (primary N) is 1. The third-order valence-corrected chi connectivity index (χ3v) is 6.22. The number of aryl methyl sites for hydroxylation is 1. The van der Waals surface area contributed by atoms with E-state index in [2.05, 4.69) is 11.1 Å². The van der Waals surface area contributed by atoms with Crippen molar-refractivity contribution in [1.82, 2.24) is 4.98 Å². The Morgan fingerprint density at radius 2 is 1.58 bits per heavy atom. The van der Waals surface area contributed by atoms with Crippen LogP contribution in [0, 0.1) is 40.4 Å². The quantitative estimate of drug-likeness (QED) is 0.257. The van der Waals surface area contributed by atoms with E-state index in [1.54, 1.807) is 18.2 Å². The van der Waals surface area contributed by atoms with Crippen molar-refractivity contribution >= 4 is 5.82 Å². The Bertz CT molecular complexity index is 1340. The molecule has 0 spiro atoms. The number of hydrogen-bond acceptors (Lipinski definition) is 5. The van der Waals surface area contributed by atoms with E-state index >= 15 is 0 Å². The van der Waals surface area contributed by atoms with E-state index in [9.17, 15) is 27.2 Å². The molecule has 1 aliphatic rings. The van der Waals surface area contributed by atoms with Crippen LogP contribution in [0.25, 0.3) is 11.1 Å². The molecule has 4 rings (SSSR count). The van der Waals surface area contributed by atoms with E-state index in [-0.39, 0.29) is 22.7 Å². The number of rotatable bonds is 5. The van der Waals surface area contributed by atoms with E-state index in [0.717, 1.165) is 36.9 Å². The molecule has 1 heterocycles. The molecule has 2 aromatic carbocycles. The van der Waals surface area contributed by atoms with Crippen molar-refractivity contribution < 1.29 is 31.4 Å². The molecular weight excluding hydrogens is 481 g/mol.